The molecule has 8 heteroatoms. The molecule has 0 bridgehead atoms. The average molecular weight is 295 g/mol. The van der Waals surface area contributed by atoms with Crippen molar-refractivity contribution in [2.75, 3.05) is 0 Å². The molecule has 0 saturated heterocycles. The zero-order chi connectivity index (χ0) is 15.6. The molecule has 0 aliphatic carbocycles. The highest BCUT2D eigenvalue weighted by atomic mass is 19.1. The number of halogens is 2. The Hall–Kier alpha value is -3.03. The van der Waals surface area contributed by atoms with E-state index in [1.165, 1.54) is 0 Å². The predicted octanol–water partition coefficient (Wildman–Crippen LogP) is 3.36. The Kier molecular flexibility index (Phi) is 3.79. The van der Waals surface area contributed by atoms with E-state index in [1.807, 2.05) is 0 Å². The van der Waals surface area contributed by atoms with E-state index in [0.717, 1.165) is 30.3 Å². The largest absolute Gasteiger partial charge is 0.477 e. The maximum Gasteiger partial charge on any atom is 0.342 e. The van der Waals surface area contributed by atoms with Crippen molar-refractivity contribution in [1.82, 2.24) is 0 Å². The molecule has 0 aromatic heterocycles. The molecule has 0 amide bonds. The first-order chi connectivity index (χ1) is 9.86. The molecular formula is C13H7F2NO5. The minimum atomic E-state index is -1.52. The molecule has 0 radical (unpaired) electrons. The van der Waals surface area contributed by atoms with Gasteiger partial charge in [-0.3, -0.25) is 10.1 Å². The first kappa shape index (κ1) is 14.4. The van der Waals surface area contributed by atoms with Gasteiger partial charge in [0.25, 0.3) is 5.69 Å². The third kappa shape index (κ3) is 3.30. The van der Waals surface area contributed by atoms with Crippen LogP contribution in [-0.4, -0.2) is 16.0 Å². The number of hydrogen-bond donors (Lipinski definition) is 1. The quantitative estimate of drug-likeness (QED) is 0.690. The molecule has 21 heavy (non-hydrogen) atoms. The van der Waals surface area contributed by atoms with E-state index in [4.69, 9.17) is 9.84 Å². The molecule has 1 N–H and O–H groups in total. The topological polar surface area (TPSA) is 89.7 Å². The number of rotatable bonds is 4. The highest BCUT2D eigenvalue weighted by Crippen LogP contribution is 2.28. The van der Waals surface area contributed by atoms with E-state index in [0.29, 0.717) is 6.07 Å². The fraction of sp³-hybridized carbons (Fsp3) is 0. The van der Waals surface area contributed by atoms with Crippen molar-refractivity contribution >= 4 is 11.7 Å². The molecule has 0 atom stereocenters. The number of aromatic carboxylic acids is 1. The average Bonchev–Trinajstić information content (AvgIpc) is 2.36. The second-order valence-electron chi connectivity index (χ2n) is 3.95. The van der Waals surface area contributed by atoms with Gasteiger partial charge in [-0.1, -0.05) is 0 Å². The van der Waals surface area contributed by atoms with Gasteiger partial charge in [0.05, 0.1) is 4.92 Å². The third-order valence-corrected chi connectivity index (χ3v) is 2.47. The van der Waals surface area contributed by atoms with Crippen LogP contribution in [-0.2, 0) is 0 Å². The molecule has 0 saturated carbocycles. The van der Waals surface area contributed by atoms with Crippen molar-refractivity contribution in [3.05, 3.63) is 63.7 Å². The van der Waals surface area contributed by atoms with Gasteiger partial charge in [0.1, 0.15) is 28.7 Å². The first-order valence-electron chi connectivity index (χ1n) is 5.52. The van der Waals surface area contributed by atoms with Gasteiger partial charge in [0, 0.05) is 30.3 Å². The molecule has 2 aromatic rings. The number of benzene rings is 2. The van der Waals surface area contributed by atoms with Gasteiger partial charge in [-0.05, 0) is 6.07 Å². The number of carboxylic acid groups (broad SMARTS) is 1. The lowest BCUT2D eigenvalue weighted by molar-refractivity contribution is -0.385. The van der Waals surface area contributed by atoms with Crippen molar-refractivity contribution in [2.45, 2.75) is 0 Å². The van der Waals surface area contributed by atoms with E-state index in [-0.39, 0.29) is 11.5 Å². The molecule has 0 aliphatic heterocycles. The Morgan fingerprint density at radius 3 is 2.24 bits per heavy atom. The molecule has 2 aromatic carbocycles. The smallest absolute Gasteiger partial charge is 0.342 e. The maximum absolute atomic E-state index is 13.0. The van der Waals surface area contributed by atoms with Crippen LogP contribution >= 0.6 is 0 Å². The fourth-order valence-corrected chi connectivity index (χ4v) is 1.63. The summed E-state index contributed by atoms with van der Waals surface area (Å²) in [6, 6.07) is 5.41. The summed E-state index contributed by atoms with van der Waals surface area (Å²) in [5.74, 6) is -3.55. The number of hydrogen-bond acceptors (Lipinski definition) is 4. The van der Waals surface area contributed by atoms with Crippen LogP contribution < -0.4 is 4.74 Å². The second-order valence-corrected chi connectivity index (χ2v) is 3.95. The summed E-state index contributed by atoms with van der Waals surface area (Å²) in [6.07, 6.45) is 0. The highest BCUT2D eigenvalue weighted by molar-refractivity contribution is 5.92. The maximum atomic E-state index is 13.0. The Bertz CT molecular complexity index is 712. The molecule has 2 rings (SSSR count). The predicted molar refractivity (Wildman–Crippen MR) is 66.5 cm³/mol. The van der Waals surface area contributed by atoms with Crippen molar-refractivity contribution in [3.63, 3.8) is 0 Å². The SMILES string of the molecule is O=C(O)c1cc(Oc2cc(F)cc(F)c2)ccc1[N+](=O)[O-]. The van der Waals surface area contributed by atoms with Gasteiger partial charge in [-0.2, -0.15) is 0 Å². The lowest BCUT2D eigenvalue weighted by Gasteiger charge is -2.07. The molecule has 0 aliphatic rings. The first-order valence-corrected chi connectivity index (χ1v) is 5.52. The second kappa shape index (κ2) is 5.53. The molecule has 0 unspecified atom stereocenters. The standard InChI is InChI=1S/C13H7F2NO5/c14-7-3-8(15)5-10(4-7)21-9-1-2-12(16(19)20)11(6-9)13(17)18/h1-6H,(H,17,18). The van der Waals surface area contributed by atoms with Gasteiger partial charge in [0.2, 0.25) is 0 Å². The van der Waals surface area contributed by atoms with Crippen LogP contribution in [0.15, 0.2) is 36.4 Å². The summed E-state index contributed by atoms with van der Waals surface area (Å²) in [5.41, 5.74) is -1.20. The van der Waals surface area contributed by atoms with Crippen LogP contribution in [0, 0.1) is 21.7 Å². The minimum absolute atomic E-state index is 0.0944. The van der Waals surface area contributed by atoms with E-state index < -0.39 is 33.8 Å². The van der Waals surface area contributed by atoms with Crippen LogP contribution in [0.3, 0.4) is 0 Å². The molecule has 0 heterocycles. The normalized spacial score (nSPS) is 10.2. The van der Waals surface area contributed by atoms with Crippen LogP contribution in [0.4, 0.5) is 14.5 Å². The molecule has 0 spiro atoms. The highest BCUT2D eigenvalue weighted by Gasteiger charge is 2.20. The van der Waals surface area contributed by atoms with Gasteiger partial charge in [-0.25, -0.2) is 13.6 Å². The minimum Gasteiger partial charge on any atom is -0.477 e. The Labute approximate surface area is 116 Å². The van der Waals surface area contributed by atoms with Crippen molar-refractivity contribution in [3.8, 4) is 11.5 Å². The summed E-state index contributed by atoms with van der Waals surface area (Å²) in [4.78, 5) is 20.8. The molecule has 6 nitrogen and oxygen atoms in total. The van der Waals surface area contributed by atoms with Crippen LogP contribution in [0.2, 0.25) is 0 Å². The number of nitro benzene ring substituents is 1. The number of carbonyl (C=O) groups is 1. The number of ether oxygens (including phenoxy) is 1. The lowest BCUT2D eigenvalue weighted by Crippen LogP contribution is -2.02. The monoisotopic (exact) mass is 295 g/mol. The third-order valence-electron chi connectivity index (χ3n) is 2.47. The van der Waals surface area contributed by atoms with Crippen LogP contribution in [0.5, 0.6) is 11.5 Å². The summed E-state index contributed by atoms with van der Waals surface area (Å²) >= 11 is 0. The number of carboxylic acids is 1. The Balaban J connectivity index is 2.39. The van der Waals surface area contributed by atoms with E-state index in [2.05, 4.69) is 0 Å². The van der Waals surface area contributed by atoms with Gasteiger partial charge >= 0.3 is 5.97 Å². The fourth-order valence-electron chi connectivity index (χ4n) is 1.63. The number of nitrogens with zero attached hydrogens (tertiary/aromatic N) is 1. The zero-order valence-electron chi connectivity index (χ0n) is 10.2. The molecular weight excluding hydrogens is 288 g/mol. The summed E-state index contributed by atoms with van der Waals surface area (Å²) in [6.45, 7) is 0. The van der Waals surface area contributed by atoms with Crippen LogP contribution in [0.1, 0.15) is 10.4 Å². The van der Waals surface area contributed by atoms with E-state index in [9.17, 15) is 23.7 Å². The van der Waals surface area contributed by atoms with Crippen LogP contribution in [0.25, 0.3) is 0 Å². The lowest BCUT2D eigenvalue weighted by atomic mass is 10.1. The van der Waals surface area contributed by atoms with E-state index in [1.54, 1.807) is 0 Å². The van der Waals surface area contributed by atoms with Crippen molar-refractivity contribution < 1.29 is 28.3 Å². The molecule has 0 fully saturated rings. The zero-order valence-corrected chi connectivity index (χ0v) is 10.2. The van der Waals surface area contributed by atoms with Crippen molar-refractivity contribution in [1.29, 1.82) is 0 Å². The summed E-state index contributed by atoms with van der Waals surface area (Å²) < 4.78 is 31.1. The Morgan fingerprint density at radius 1 is 1.10 bits per heavy atom. The number of nitro groups is 1. The van der Waals surface area contributed by atoms with Gasteiger partial charge in [-0.15, -0.1) is 0 Å². The summed E-state index contributed by atoms with van der Waals surface area (Å²) in [5, 5.41) is 19.6. The Morgan fingerprint density at radius 2 is 1.71 bits per heavy atom. The van der Waals surface area contributed by atoms with E-state index >= 15 is 0 Å². The van der Waals surface area contributed by atoms with Crippen molar-refractivity contribution in [2.24, 2.45) is 0 Å². The van der Waals surface area contributed by atoms with Gasteiger partial charge < -0.3 is 9.84 Å². The summed E-state index contributed by atoms with van der Waals surface area (Å²) in [7, 11) is 0. The van der Waals surface area contributed by atoms with Gasteiger partial charge in [0.15, 0.2) is 0 Å². The molecule has 108 valence electrons.